The van der Waals surface area contributed by atoms with E-state index in [0.717, 1.165) is 25.2 Å². The third kappa shape index (κ3) is 5.21. The van der Waals surface area contributed by atoms with Crippen LogP contribution in [0.1, 0.15) is 41.0 Å². The van der Waals surface area contributed by atoms with Gasteiger partial charge in [-0.2, -0.15) is 0 Å². The monoisotopic (exact) mass is 252 g/mol. The maximum absolute atomic E-state index is 11.8. The summed E-state index contributed by atoms with van der Waals surface area (Å²) in [5, 5.41) is 0. The van der Waals surface area contributed by atoms with Crippen molar-refractivity contribution in [3.63, 3.8) is 0 Å². The Hall–Kier alpha value is -1.51. The number of hydrogen-bond acceptors (Lipinski definition) is 1. The van der Waals surface area contributed by atoms with Gasteiger partial charge in [-0.25, -0.2) is 4.79 Å². The zero-order valence-corrected chi connectivity index (χ0v) is 12.6. The SMILES string of the molecule is C=C/C=C1/CCN(CC)C(=O)N1C=C.CC.CC. The lowest BCUT2D eigenvalue weighted by molar-refractivity contribution is 0.166. The highest BCUT2D eigenvalue weighted by molar-refractivity contribution is 5.78. The summed E-state index contributed by atoms with van der Waals surface area (Å²) in [6.07, 6.45) is 5.96. The Morgan fingerprint density at radius 3 is 2.17 bits per heavy atom. The van der Waals surface area contributed by atoms with Crippen molar-refractivity contribution >= 4 is 6.03 Å². The van der Waals surface area contributed by atoms with Gasteiger partial charge in [0.25, 0.3) is 0 Å². The van der Waals surface area contributed by atoms with Gasteiger partial charge in [-0.1, -0.05) is 46.9 Å². The second-order valence-corrected chi connectivity index (χ2v) is 3.06. The predicted molar refractivity (Wildman–Crippen MR) is 80.3 cm³/mol. The van der Waals surface area contributed by atoms with Crippen LogP contribution in [-0.4, -0.2) is 28.9 Å². The van der Waals surface area contributed by atoms with Crippen molar-refractivity contribution in [3.05, 3.63) is 37.2 Å². The van der Waals surface area contributed by atoms with Crippen molar-refractivity contribution in [1.29, 1.82) is 0 Å². The maximum Gasteiger partial charge on any atom is 0.328 e. The number of allylic oxidation sites excluding steroid dienone is 2. The van der Waals surface area contributed by atoms with Crippen LogP contribution in [0.25, 0.3) is 0 Å². The number of rotatable bonds is 3. The molecule has 3 nitrogen and oxygen atoms in total. The van der Waals surface area contributed by atoms with Crippen molar-refractivity contribution in [2.24, 2.45) is 0 Å². The fourth-order valence-electron chi connectivity index (χ4n) is 1.53. The predicted octanol–water partition coefficient (Wildman–Crippen LogP) is 4.40. The van der Waals surface area contributed by atoms with E-state index in [1.807, 2.05) is 40.7 Å². The first-order valence-corrected chi connectivity index (χ1v) is 6.76. The topological polar surface area (TPSA) is 23.6 Å². The van der Waals surface area contributed by atoms with Crippen molar-refractivity contribution in [1.82, 2.24) is 9.80 Å². The molecule has 0 saturated carbocycles. The van der Waals surface area contributed by atoms with E-state index >= 15 is 0 Å². The van der Waals surface area contributed by atoms with E-state index in [1.165, 1.54) is 0 Å². The zero-order valence-electron chi connectivity index (χ0n) is 12.6. The van der Waals surface area contributed by atoms with Crippen LogP contribution in [0.4, 0.5) is 4.79 Å². The molecule has 0 aromatic heterocycles. The van der Waals surface area contributed by atoms with Crippen molar-refractivity contribution in [3.8, 4) is 0 Å². The van der Waals surface area contributed by atoms with E-state index in [-0.39, 0.29) is 6.03 Å². The summed E-state index contributed by atoms with van der Waals surface area (Å²) >= 11 is 0. The molecule has 0 bridgehead atoms. The lowest BCUT2D eigenvalue weighted by Crippen LogP contribution is -2.45. The molecular weight excluding hydrogens is 224 g/mol. The average Bonchev–Trinajstić information content (AvgIpc) is 2.44. The molecule has 1 saturated heterocycles. The minimum atomic E-state index is 0.00171. The number of carbonyl (C=O) groups excluding carboxylic acids is 1. The quantitative estimate of drug-likeness (QED) is 0.730. The normalized spacial score (nSPS) is 16.3. The van der Waals surface area contributed by atoms with Gasteiger partial charge in [0.2, 0.25) is 0 Å². The zero-order chi connectivity index (χ0) is 14.6. The first kappa shape index (κ1) is 18.8. The highest BCUT2D eigenvalue weighted by Crippen LogP contribution is 2.19. The molecule has 104 valence electrons. The van der Waals surface area contributed by atoms with Crippen LogP contribution in [-0.2, 0) is 0 Å². The van der Waals surface area contributed by atoms with Crippen LogP contribution >= 0.6 is 0 Å². The number of nitrogens with zero attached hydrogens (tertiary/aromatic N) is 2. The van der Waals surface area contributed by atoms with Crippen molar-refractivity contribution < 1.29 is 4.79 Å². The van der Waals surface area contributed by atoms with Gasteiger partial charge in [0.05, 0.1) is 0 Å². The van der Waals surface area contributed by atoms with Gasteiger partial charge >= 0.3 is 6.03 Å². The molecule has 1 heterocycles. The van der Waals surface area contributed by atoms with E-state index < -0.39 is 0 Å². The summed E-state index contributed by atoms with van der Waals surface area (Å²) in [6, 6.07) is 0.00171. The summed E-state index contributed by atoms with van der Waals surface area (Å²) in [4.78, 5) is 15.2. The Balaban J connectivity index is 0. The van der Waals surface area contributed by atoms with Gasteiger partial charge in [0, 0.05) is 31.4 Å². The molecule has 0 unspecified atom stereocenters. The molecule has 1 rings (SSSR count). The van der Waals surface area contributed by atoms with E-state index in [1.54, 1.807) is 22.1 Å². The Kier molecular flexibility index (Phi) is 12.5. The number of urea groups is 1. The van der Waals surface area contributed by atoms with Crippen LogP contribution in [0.15, 0.2) is 37.2 Å². The van der Waals surface area contributed by atoms with Gasteiger partial charge < -0.3 is 4.90 Å². The van der Waals surface area contributed by atoms with Crippen LogP contribution in [0.5, 0.6) is 0 Å². The van der Waals surface area contributed by atoms with Gasteiger partial charge in [0.15, 0.2) is 0 Å². The molecule has 1 aliphatic heterocycles. The molecule has 0 aromatic rings. The molecule has 2 amide bonds. The van der Waals surface area contributed by atoms with E-state index in [4.69, 9.17) is 0 Å². The first-order chi connectivity index (χ1) is 8.74. The fraction of sp³-hybridized carbons (Fsp3) is 0.533. The molecule has 1 fully saturated rings. The fourth-order valence-corrected chi connectivity index (χ4v) is 1.53. The van der Waals surface area contributed by atoms with E-state index in [0.29, 0.717) is 0 Å². The van der Waals surface area contributed by atoms with Gasteiger partial charge in [-0.15, -0.1) is 0 Å². The number of carbonyl (C=O) groups is 1. The summed E-state index contributed by atoms with van der Waals surface area (Å²) in [7, 11) is 0. The summed E-state index contributed by atoms with van der Waals surface area (Å²) in [5.74, 6) is 0. The minimum absolute atomic E-state index is 0.00171. The van der Waals surface area contributed by atoms with Crippen molar-refractivity contribution in [2.75, 3.05) is 13.1 Å². The van der Waals surface area contributed by atoms with Crippen LogP contribution in [0.3, 0.4) is 0 Å². The third-order valence-electron chi connectivity index (χ3n) is 2.30. The average molecular weight is 252 g/mol. The smallest absolute Gasteiger partial charge is 0.324 e. The van der Waals surface area contributed by atoms with Crippen LogP contribution in [0.2, 0.25) is 0 Å². The molecule has 1 aliphatic rings. The first-order valence-electron chi connectivity index (χ1n) is 6.76. The van der Waals surface area contributed by atoms with Gasteiger partial charge in [-0.05, 0) is 13.0 Å². The minimum Gasteiger partial charge on any atom is -0.324 e. The number of amides is 2. The highest BCUT2D eigenvalue weighted by Gasteiger charge is 2.25. The Morgan fingerprint density at radius 2 is 1.78 bits per heavy atom. The third-order valence-corrected chi connectivity index (χ3v) is 2.30. The van der Waals surface area contributed by atoms with E-state index in [9.17, 15) is 4.79 Å². The summed E-state index contributed by atoms with van der Waals surface area (Å²) in [6.45, 7) is 18.8. The molecule has 0 aliphatic carbocycles. The lowest BCUT2D eigenvalue weighted by Gasteiger charge is -2.34. The highest BCUT2D eigenvalue weighted by atomic mass is 16.2. The second kappa shape index (κ2) is 12.0. The Bertz CT molecular complexity index is 282. The van der Waals surface area contributed by atoms with Crippen LogP contribution in [0, 0.1) is 0 Å². The summed E-state index contributed by atoms with van der Waals surface area (Å²) in [5.41, 5.74) is 0.963. The largest absolute Gasteiger partial charge is 0.328 e. The molecule has 0 radical (unpaired) electrons. The maximum atomic E-state index is 11.8. The second-order valence-electron chi connectivity index (χ2n) is 3.06. The molecule has 18 heavy (non-hydrogen) atoms. The molecule has 0 aromatic carbocycles. The van der Waals surface area contributed by atoms with E-state index in [2.05, 4.69) is 13.2 Å². The number of hydrogen-bond donors (Lipinski definition) is 0. The molecule has 0 N–H and O–H groups in total. The molecular formula is C15H28N2O. The standard InChI is InChI=1S/C11H16N2O.2C2H6/c1-4-7-10-8-9-12(5-2)11(14)13(10)6-3;2*1-2/h4,6-7H,1,3,5,8-9H2,2H3;2*1-2H3/b10-7-;;. The van der Waals surface area contributed by atoms with Gasteiger partial charge in [-0.3, -0.25) is 4.90 Å². The Morgan fingerprint density at radius 1 is 1.22 bits per heavy atom. The molecule has 3 heteroatoms. The lowest BCUT2D eigenvalue weighted by atomic mass is 10.2. The Labute approximate surface area is 112 Å². The molecule has 0 spiro atoms. The molecule has 0 atom stereocenters. The van der Waals surface area contributed by atoms with Gasteiger partial charge in [0.1, 0.15) is 0 Å². The van der Waals surface area contributed by atoms with Crippen LogP contribution < -0.4 is 0 Å². The summed E-state index contributed by atoms with van der Waals surface area (Å²) < 4.78 is 0. The van der Waals surface area contributed by atoms with Crippen molar-refractivity contribution in [2.45, 2.75) is 41.0 Å².